The van der Waals surface area contributed by atoms with Crippen molar-refractivity contribution in [3.8, 4) is 5.75 Å². The van der Waals surface area contributed by atoms with Gasteiger partial charge in [0.05, 0.1) is 6.61 Å². The summed E-state index contributed by atoms with van der Waals surface area (Å²) in [4.78, 5) is 10.9. The van der Waals surface area contributed by atoms with Crippen molar-refractivity contribution >= 4 is 29.3 Å². The molecule has 1 fully saturated rings. The van der Waals surface area contributed by atoms with Gasteiger partial charge in [-0.25, -0.2) is 0 Å². The maximum Gasteiger partial charge on any atom is 0.252 e. The fourth-order valence-corrected chi connectivity index (χ4v) is 2.30. The first-order valence-electron chi connectivity index (χ1n) is 6.42. The average molecular weight is 304 g/mol. The zero-order chi connectivity index (χ0) is 12.8. The minimum Gasteiger partial charge on any atom is -0.494 e. The Hall–Kier alpha value is -0.770. The Balaban J connectivity index is 0.00000180. The van der Waals surface area contributed by atoms with E-state index < -0.39 is 5.24 Å². The van der Waals surface area contributed by atoms with E-state index in [0.717, 1.165) is 18.7 Å². The van der Waals surface area contributed by atoms with Crippen LogP contribution in [0.5, 0.6) is 5.75 Å². The van der Waals surface area contributed by atoms with Crippen LogP contribution < -0.4 is 10.1 Å². The molecule has 0 bridgehead atoms. The lowest BCUT2D eigenvalue weighted by atomic mass is 10.0. The van der Waals surface area contributed by atoms with Crippen LogP contribution in [0.2, 0.25) is 0 Å². The maximum atomic E-state index is 10.9. The lowest BCUT2D eigenvalue weighted by Gasteiger charge is -2.23. The summed E-state index contributed by atoms with van der Waals surface area (Å²) in [6.07, 6.45) is 4.86. The Morgan fingerprint density at radius 1 is 1.32 bits per heavy atom. The van der Waals surface area contributed by atoms with Crippen LogP contribution in [0.15, 0.2) is 24.3 Å². The molecule has 19 heavy (non-hydrogen) atoms. The molecule has 3 nitrogen and oxygen atoms in total. The molecule has 1 N–H and O–H groups in total. The number of benzene rings is 1. The van der Waals surface area contributed by atoms with Gasteiger partial charge in [0.15, 0.2) is 0 Å². The van der Waals surface area contributed by atoms with Crippen molar-refractivity contribution in [2.75, 3.05) is 13.2 Å². The molecule has 0 aliphatic carbocycles. The standard InChI is InChI=1S/C14H18ClNO2.ClH/c15-14(17)11-4-6-13(7-5-11)18-10-8-12-3-1-2-9-16-12;/h4-7,12,16H,1-3,8-10H2;1H. The molecule has 1 aliphatic rings. The van der Waals surface area contributed by atoms with Crippen LogP contribution >= 0.6 is 24.0 Å². The summed E-state index contributed by atoms with van der Waals surface area (Å²) >= 11 is 5.37. The summed E-state index contributed by atoms with van der Waals surface area (Å²) in [5.74, 6) is 0.785. The monoisotopic (exact) mass is 303 g/mol. The molecule has 0 aromatic heterocycles. The number of hydrogen-bond acceptors (Lipinski definition) is 3. The SMILES string of the molecule is Cl.O=C(Cl)c1ccc(OCCC2CCCCN2)cc1. The number of ether oxygens (including phenoxy) is 1. The zero-order valence-electron chi connectivity index (χ0n) is 10.7. The first-order valence-corrected chi connectivity index (χ1v) is 6.79. The maximum absolute atomic E-state index is 10.9. The van der Waals surface area contributed by atoms with E-state index in [1.54, 1.807) is 24.3 Å². The van der Waals surface area contributed by atoms with Crippen molar-refractivity contribution < 1.29 is 9.53 Å². The highest BCUT2D eigenvalue weighted by molar-refractivity contribution is 6.67. The molecule has 2 rings (SSSR count). The van der Waals surface area contributed by atoms with Gasteiger partial charge in [-0.15, -0.1) is 12.4 Å². The second kappa shape index (κ2) is 8.41. The quantitative estimate of drug-likeness (QED) is 0.847. The molecule has 5 heteroatoms. The van der Waals surface area contributed by atoms with Crippen LogP contribution in [0.3, 0.4) is 0 Å². The molecular weight excluding hydrogens is 285 g/mol. The van der Waals surface area contributed by atoms with Gasteiger partial charge in [0.25, 0.3) is 5.24 Å². The Morgan fingerprint density at radius 2 is 2.05 bits per heavy atom. The highest BCUT2D eigenvalue weighted by atomic mass is 35.5. The van der Waals surface area contributed by atoms with E-state index in [0.29, 0.717) is 18.2 Å². The van der Waals surface area contributed by atoms with Gasteiger partial charge in [0, 0.05) is 11.6 Å². The molecule has 0 amide bonds. The number of hydrogen-bond donors (Lipinski definition) is 1. The summed E-state index contributed by atoms with van der Waals surface area (Å²) in [5, 5.41) is 3.05. The Labute approximate surface area is 125 Å². The lowest BCUT2D eigenvalue weighted by molar-refractivity contribution is 0.108. The molecule has 106 valence electrons. The number of piperidine rings is 1. The first-order chi connectivity index (χ1) is 8.75. The Kier molecular flexibility index (Phi) is 7.21. The zero-order valence-corrected chi connectivity index (χ0v) is 12.3. The Morgan fingerprint density at radius 3 is 2.63 bits per heavy atom. The predicted molar refractivity (Wildman–Crippen MR) is 79.6 cm³/mol. The second-order valence-corrected chi connectivity index (χ2v) is 4.93. The van der Waals surface area contributed by atoms with Crippen LogP contribution in [0.25, 0.3) is 0 Å². The number of halogens is 2. The van der Waals surface area contributed by atoms with Crippen molar-refractivity contribution in [2.24, 2.45) is 0 Å². The van der Waals surface area contributed by atoms with E-state index in [1.807, 2.05) is 0 Å². The molecule has 0 spiro atoms. The van der Waals surface area contributed by atoms with E-state index in [2.05, 4.69) is 5.32 Å². The third kappa shape index (κ3) is 5.39. The van der Waals surface area contributed by atoms with Crippen molar-refractivity contribution in [3.63, 3.8) is 0 Å². The molecule has 1 aromatic carbocycles. The molecular formula is C14H19Cl2NO2. The first kappa shape index (κ1) is 16.3. The van der Waals surface area contributed by atoms with E-state index in [-0.39, 0.29) is 12.4 Å². The van der Waals surface area contributed by atoms with E-state index in [1.165, 1.54) is 19.3 Å². The van der Waals surface area contributed by atoms with Gasteiger partial charge in [-0.3, -0.25) is 4.79 Å². The third-order valence-corrected chi connectivity index (χ3v) is 3.45. The minimum absolute atomic E-state index is 0. The molecule has 0 radical (unpaired) electrons. The van der Waals surface area contributed by atoms with Crippen LogP contribution in [-0.4, -0.2) is 24.4 Å². The van der Waals surface area contributed by atoms with Crippen LogP contribution in [0.4, 0.5) is 0 Å². The number of nitrogens with one attached hydrogen (secondary N) is 1. The molecule has 1 saturated heterocycles. The summed E-state index contributed by atoms with van der Waals surface area (Å²) in [5.41, 5.74) is 0.498. The van der Waals surface area contributed by atoms with Crippen molar-refractivity contribution in [2.45, 2.75) is 31.7 Å². The van der Waals surface area contributed by atoms with Gasteiger partial charge < -0.3 is 10.1 Å². The van der Waals surface area contributed by atoms with Crippen molar-refractivity contribution in [3.05, 3.63) is 29.8 Å². The lowest BCUT2D eigenvalue weighted by Crippen LogP contribution is -2.35. The molecule has 0 saturated carbocycles. The predicted octanol–water partition coefficient (Wildman–Crippen LogP) is 3.40. The largest absolute Gasteiger partial charge is 0.494 e. The number of carbonyl (C=O) groups is 1. The third-order valence-electron chi connectivity index (χ3n) is 3.23. The van der Waals surface area contributed by atoms with Gasteiger partial charge in [0.2, 0.25) is 0 Å². The fraction of sp³-hybridized carbons (Fsp3) is 0.500. The van der Waals surface area contributed by atoms with E-state index >= 15 is 0 Å². The molecule has 1 aliphatic heterocycles. The van der Waals surface area contributed by atoms with Crippen molar-refractivity contribution in [1.82, 2.24) is 5.32 Å². The topological polar surface area (TPSA) is 38.3 Å². The molecule has 1 unspecified atom stereocenters. The van der Waals surface area contributed by atoms with E-state index in [4.69, 9.17) is 16.3 Å². The normalized spacial score (nSPS) is 18.5. The van der Waals surface area contributed by atoms with Gasteiger partial charge in [-0.1, -0.05) is 6.42 Å². The fourth-order valence-electron chi connectivity index (χ4n) is 2.17. The number of rotatable bonds is 5. The smallest absolute Gasteiger partial charge is 0.252 e. The van der Waals surface area contributed by atoms with Crippen LogP contribution in [-0.2, 0) is 0 Å². The molecule has 1 atom stereocenters. The number of carbonyl (C=O) groups excluding carboxylic acids is 1. The van der Waals surface area contributed by atoms with Crippen LogP contribution in [0, 0.1) is 0 Å². The average Bonchev–Trinajstić information content (AvgIpc) is 2.40. The van der Waals surface area contributed by atoms with Gasteiger partial charge in [0.1, 0.15) is 5.75 Å². The highest BCUT2D eigenvalue weighted by Gasteiger charge is 2.12. The summed E-state index contributed by atoms with van der Waals surface area (Å²) < 4.78 is 5.65. The second-order valence-electron chi connectivity index (χ2n) is 4.58. The van der Waals surface area contributed by atoms with Crippen LogP contribution in [0.1, 0.15) is 36.0 Å². The summed E-state index contributed by atoms with van der Waals surface area (Å²) in [6.45, 7) is 1.82. The highest BCUT2D eigenvalue weighted by Crippen LogP contribution is 2.15. The van der Waals surface area contributed by atoms with Gasteiger partial charge in [-0.2, -0.15) is 0 Å². The van der Waals surface area contributed by atoms with Crippen molar-refractivity contribution in [1.29, 1.82) is 0 Å². The Bertz CT molecular complexity index is 389. The summed E-state index contributed by atoms with van der Waals surface area (Å²) in [6, 6.07) is 7.52. The minimum atomic E-state index is -0.437. The van der Waals surface area contributed by atoms with Gasteiger partial charge in [-0.05, 0) is 61.7 Å². The molecule has 1 heterocycles. The van der Waals surface area contributed by atoms with Gasteiger partial charge >= 0.3 is 0 Å². The van der Waals surface area contributed by atoms with E-state index in [9.17, 15) is 4.79 Å². The molecule has 1 aromatic rings. The summed E-state index contributed by atoms with van der Waals surface area (Å²) in [7, 11) is 0.